The maximum atomic E-state index is 12.1. The van der Waals surface area contributed by atoms with Crippen molar-refractivity contribution in [3.05, 3.63) is 41.3 Å². The molecular formula is C22H32N2O4S2. The van der Waals surface area contributed by atoms with Gasteiger partial charge in [-0.15, -0.1) is 11.3 Å². The molecule has 1 aromatic carbocycles. The van der Waals surface area contributed by atoms with Crippen LogP contribution in [0.1, 0.15) is 64.4 Å². The smallest absolute Gasteiger partial charge is 0.286 e. The molecule has 0 atom stereocenters. The second kappa shape index (κ2) is 13.3. The van der Waals surface area contributed by atoms with Gasteiger partial charge in [-0.3, -0.25) is 0 Å². The molecule has 0 amide bonds. The lowest BCUT2D eigenvalue weighted by molar-refractivity contribution is 0.270. The first-order chi connectivity index (χ1) is 14.6. The molecule has 0 fully saturated rings. The Labute approximate surface area is 184 Å². The van der Waals surface area contributed by atoms with Crippen molar-refractivity contribution in [2.24, 2.45) is 5.10 Å². The summed E-state index contributed by atoms with van der Waals surface area (Å²) < 4.78 is 36.0. The normalized spacial score (nSPS) is 11.7. The van der Waals surface area contributed by atoms with E-state index >= 15 is 0 Å². The first-order valence-corrected chi connectivity index (χ1v) is 12.9. The maximum Gasteiger partial charge on any atom is 0.286 e. The molecule has 1 N–H and O–H groups in total. The van der Waals surface area contributed by atoms with E-state index in [9.17, 15) is 8.42 Å². The van der Waals surface area contributed by atoms with E-state index in [0.717, 1.165) is 23.3 Å². The monoisotopic (exact) mass is 452 g/mol. The van der Waals surface area contributed by atoms with E-state index in [1.807, 2.05) is 19.1 Å². The highest BCUT2D eigenvalue weighted by Gasteiger charge is 2.13. The Morgan fingerprint density at radius 3 is 2.47 bits per heavy atom. The van der Waals surface area contributed by atoms with E-state index < -0.39 is 10.0 Å². The van der Waals surface area contributed by atoms with Crippen LogP contribution in [-0.2, 0) is 10.0 Å². The van der Waals surface area contributed by atoms with E-state index in [-0.39, 0.29) is 4.21 Å². The van der Waals surface area contributed by atoms with Gasteiger partial charge in [0.2, 0.25) is 0 Å². The van der Waals surface area contributed by atoms with Crippen molar-refractivity contribution in [3.63, 3.8) is 0 Å². The average molecular weight is 453 g/mol. The van der Waals surface area contributed by atoms with Crippen LogP contribution in [0.15, 0.2) is 45.0 Å². The van der Waals surface area contributed by atoms with Crippen molar-refractivity contribution in [1.29, 1.82) is 0 Å². The fraction of sp³-hybridized carbons (Fsp3) is 0.500. The van der Waals surface area contributed by atoms with Crippen molar-refractivity contribution in [2.45, 2.75) is 63.0 Å². The number of ether oxygens (including phenoxy) is 2. The van der Waals surface area contributed by atoms with Crippen molar-refractivity contribution in [2.75, 3.05) is 13.2 Å². The predicted octanol–water partition coefficient (Wildman–Crippen LogP) is 5.59. The maximum absolute atomic E-state index is 12.1. The Hall–Kier alpha value is -2.06. The standard InChI is InChI=1S/C22H32N2O4S2/c1-3-5-6-7-8-9-10-15-28-20-14-13-19(17-21(20)27-4-2)18-23-24-30(25,26)22-12-11-16-29-22/h11-14,16-18,24H,3-10,15H2,1-2H3/b23-18+. The number of thiophene rings is 1. The minimum Gasteiger partial charge on any atom is -0.490 e. The molecule has 30 heavy (non-hydrogen) atoms. The van der Waals surface area contributed by atoms with Gasteiger partial charge in [-0.05, 0) is 48.6 Å². The molecule has 2 rings (SSSR count). The lowest BCUT2D eigenvalue weighted by atomic mass is 10.1. The first-order valence-electron chi connectivity index (χ1n) is 10.5. The third kappa shape index (κ3) is 8.36. The summed E-state index contributed by atoms with van der Waals surface area (Å²) in [7, 11) is -3.63. The summed E-state index contributed by atoms with van der Waals surface area (Å²) in [5, 5.41) is 5.57. The van der Waals surface area contributed by atoms with Crippen molar-refractivity contribution < 1.29 is 17.9 Å². The van der Waals surface area contributed by atoms with Crippen molar-refractivity contribution in [3.8, 4) is 11.5 Å². The van der Waals surface area contributed by atoms with E-state index in [2.05, 4.69) is 16.9 Å². The van der Waals surface area contributed by atoms with Crippen LogP contribution in [0.5, 0.6) is 11.5 Å². The number of rotatable bonds is 15. The van der Waals surface area contributed by atoms with Crippen LogP contribution in [0.2, 0.25) is 0 Å². The molecule has 0 spiro atoms. The lowest BCUT2D eigenvalue weighted by Gasteiger charge is -2.12. The Balaban J connectivity index is 1.86. The van der Waals surface area contributed by atoms with E-state index in [1.54, 1.807) is 17.5 Å². The van der Waals surface area contributed by atoms with Crippen LogP contribution < -0.4 is 14.3 Å². The SMILES string of the molecule is CCCCCCCCCOc1ccc(/C=N/NS(=O)(=O)c2cccs2)cc1OCC. The van der Waals surface area contributed by atoms with Crippen LogP contribution in [0.4, 0.5) is 0 Å². The molecule has 166 valence electrons. The van der Waals surface area contributed by atoms with Crippen LogP contribution in [0, 0.1) is 0 Å². The zero-order valence-electron chi connectivity index (χ0n) is 17.8. The molecule has 0 aliphatic carbocycles. The molecule has 0 bridgehead atoms. The van der Waals surface area contributed by atoms with Crippen LogP contribution in [0.25, 0.3) is 0 Å². The van der Waals surface area contributed by atoms with Crippen LogP contribution in [-0.4, -0.2) is 27.8 Å². The Bertz CT molecular complexity index is 865. The summed E-state index contributed by atoms with van der Waals surface area (Å²) in [6, 6.07) is 8.68. The summed E-state index contributed by atoms with van der Waals surface area (Å²) in [6.45, 7) is 5.31. The van der Waals surface area contributed by atoms with Gasteiger partial charge in [0.05, 0.1) is 19.4 Å². The number of hydrazone groups is 1. The molecule has 6 nitrogen and oxygen atoms in total. The first kappa shape index (κ1) is 24.2. The molecule has 0 saturated heterocycles. The van der Waals surface area contributed by atoms with Crippen molar-refractivity contribution in [1.82, 2.24) is 4.83 Å². The van der Waals surface area contributed by atoms with E-state index in [1.165, 1.54) is 50.8 Å². The van der Waals surface area contributed by atoms with Gasteiger partial charge >= 0.3 is 0 Å². The van der Waals surface area contributed by atoms with Gasteiger partial charge in [0.15, 0.2) is 11.5 Å². The van der Waals surface area contributed by atoms with Gasteiger partial charge in [0.1, 0.15) is 4.21 Å². The predicted molar refractivity (Wildman–Crippen MR) is 123 cm³/mol. The number of hydrogen-bond donors (Lipinski definition) is 1. The quantitative estimate of drug-likeness (QED) is 0.217. The molecule has 2 aromatic rings. The number of nitrogens with one attached hydrogen (secondary N) is 1. The lowest BCUT2D eigenvalue weighted by Crippen LogP contribution is -2.17. The fourth-order valence-electron chi connectivity index (χ4n) is 2.87. The van der Waals surface area contributed by atoms with Gasteiger partial charge in [-0.2, -0.15) is 18.4 Å². The van der Waals surface area contributed by atoms with Gasteiger partial charge < -0.3 is 9.47 Å². The molecule has 0 radical (unpaired) electrons. The average Bonchev–Trinajstić information content (AvgIpc) is 3.27. The Morgan fingerprint density at radius 1 is 1.00 bits per heavy atom. The number of hydrogen-bond acceptors (Lipinski definition) is 6. The molecule has 0 unspecified atom stereocenters. The minimum atomic E-state index is -3.63. The summed E-state index contributed by atoms with van der Waals surface area (Å²) >= 11 is 1.14. The highest BCUT2D eigenvalue weighted by molar-refractivity contribution is 7.91. The number of sulfonamides is 1. The molecule has 0 aliphatic heterocycles. The van der Waals surface area contributed by atoms with Gasteiger partial charge in [0, 0.05) is 0 Å². The van der Waals surface area contributed by atoms with Gasteiger partial charge in [-0.25, -0.2) is 0 Å². The van der Waals surface area contributed by atoms with Crippen molar-refractivity contribution >= 4 is 27.6 Å². The topological polar surface area (TPSA) is 77.0 Å². The van der Waals surface area contributed by atoms with Crippen LogP contribution in [0.3, 0.4) is 0 Å². The summed E-state index contributed by atoms with van der Waals surface area (Å²) in [6.07, 6.45) is 10.1. The van der Waals surface area contributed by atoms with Crippen LogP contribution >= 0.6 is 11.3 Å². The third-order valence-electron chi connectivity index (χ3n) is 4.42. The van der Waals surface area contributed by atoms with Gasteiger partial charge in [0.25, 0.3) is 10.0 Å². The van der Waals surface area contributed by atoms with E-state index in [0.29, 0.717) is 24.7 Å². The second-order valence-electron chi connectivity index (χ2n) is 6.89. The third-order valence-corrected chi connectivity index (χ3v) is 7.04. The molecule has 0 saturated carbocycles. The van der Waals surface area contributed by atoms with E-state index in [4.69, 9.17) is 9.47 Å². The summed E-state index contributed by atoms with van der Waals surface area (Å²) in [5.74, 6) is 1.32. The summed E-state index contributed by atoms with van der Waals surface area (Å²) in [4.78, 5) is 2.22. The van der Waals surface area contributed by atoms with Gasteiger partial charge in [-0.1, -0.05) is 51.5 Å². The second-order valence-corrected chi connectivity index (χ2v) is 9.73. The number of nitrogens with zero attached hydrogens (tertiary/aromatic N) is 1. The highest BCUT2D eigenvalue weighted by Crippen LogP contribution is 2.28. The Morgan fingerprint density at radius 2 is 1.77 bits per heavy atom. The summed E-state index contributed by atoms with van der Waals surface area (Å²) in [5.41, 5.74) is 0.718. The number of benzene rings is 1. The molecule has 0 aliphatic rings. The number of unbranched alkanes of at least 4 members (excludes halogenated alkanes) is 6. The largest absolute Gasteiger partial charge is 0.490 e. The molecule has 1 heterocycles. The Kier molecular flexibility index (Phi) is 10.7. The molecule has 8 heteroatoms. The minimum absolute atomic E-state index is 0.226. The fourth-order valence-corrected chi connectivity index (χ4v) is 4.64. The molecular weight excluding hydrogens is 420 g/mol. The zero-order valence-corrected chi connectivity index (χ0v) is 19.4. The highest BCUT2D eigenvalue weighted by atomic mass is 32.2. The molecule has 1 aromatic heterocycles. The zero-order chi connectivity index (χ0) is 21.7.